The minimum atomic E-state index is -0.315. The number of carbonyl (C=O) groups is 2. The summed E-state index contributed by atoms with van der Waals surface area (Å²) in [4.78, 5) is 41.6. The van der Waals surface area contributed by atoms with Crippen molar-refractivity contribution in [3.8, 4) is 11.4 Å². The topological polar surface area (TPSA) is 114 Å². The van der Waals surface area contributed by atoms with E-state index in [1.165, 1.54) is 0 Å². The van der Waals surface area contributed by atoms with Gasteiger partial charge in [0.2, 0.25) is 23.5 Å². The van der Waals surface area contributed by atoms with Gasteiger partial charge in [0.1, 0.15) is 0 Å². The zero-order chi connectivity index (χ0) is 24.0. The molecule has 0 spiro atoms. The van der Waals surface area contributed by atoms with Gasteiger partial charge in [0, 0.05) is 55.4 Å². The molecule has 3 aromatic heterocycles. The lowest BCUT2D eigenvalue weighted by atomic mass is 9.99. The third-order valence-corrected chi connectivity index (χ3v) is 7.00. The summed E-state index contributed by atoms with van der Waals surface area (Å²) < 4.78 is 5.64. The lowest BCUT2D eigenvalue weighted by Gasteiger charge is -2.32. The van der Waals surface area contributed by atoms with Crippen LogP contribution in [0.4, 0.5) is 0 Å². The number of carbonyl (C=O) groups excluding carboxylic acids is 2. The molecule has 1 aliphatic carbocycles. The van der Waals surface area contributed by atoms with Gasteiger partial charge in [-0.25, -0.2) is 0 Å². The highest BCUT2D eigenvalue weighted by Gasteiger charge is 2.45. The van der Waals surface area contributed by atoms with E-state index in [0.717, 1.165) is 36.8 Å². The number of nitrogens with one attached hydrogen (secondary N) is 1. The maximum atomic E-state index is 13.5. The van der Waals surface area contributed by atoms with Crippen LogP contribution in [0.15, 0.2) is 53.6 Å². The highest BCUT2D eigenvalue weighted by atomic mass is 16.5. The molecule has 9 heteroatoms. The number of aromatic nitrogens is 4. The Kier molecular flexibility index (Phi) is 7.11. The Labute approximate surface area is 204 Å². The normalized spacial score (nSPS) is 23.3. The van der Waals surface area contributed by atoms with Crippen LogP contribution in [0.1, 0.15) is 55.9 Å². The molecular formula is C26H30N6O3. The molecule has 2 amide bonds. The number of amides is 2. The predicted octanol–water partition coefficient (Wildman–Crippen LogP) is 3.15. The van der Waals surface area contributed by atoms with Crippen molar-refractivity contribution in [1.82, 2.24) is 30.3 Å². The molecule has 1 N–H and O–H groups in total. The van der Waals surface area contributed by atoms with Gasteiger partial charge in [-0.15, -0.1) is 0 Å². The Morgan fingerprint density at radius 1 is 1.06 bits per heavy atom. The SMILES string of the molecule is O=C1NCCCCCCN(C(=O)Cc2cccnc2)C2CC(c3nc(-c4cccnc4)no3)CC12. The van der Waals surface area contributed by atoms with Crippen molar-refractivity contribution in [2.45, 2.75) is 56.9 Å². The molecule has 3 unspecified atom stereocenters. The molecule has 1 saturated carbocycles. The van der Waals surface area contributed by atoms with Crippen LogP contribution in [-0.4, -0.2) is 56.0 Å². The molecule has 0 bridgehead atoms. The highest BCUT2D eigenvalue weighted by Crippen LogP contribution is 2.41. The maximum absolute atomic E-state index is 13.5. The van der Waals surface area contributed by atoms with E-state index >= 15 is 0 Å². The number of nitrogens with zero attached hydrogens (tertiary/aromatic N) is 5. The van der Waals surface area contributed by atoms with Gasteiger partial charge in [-0.3, -0.25) is 19.6 Å². The lowest BCUT2D eigenvalue weighted by molar-refractivity contribution is -0.136. The largest absolute Gasteiger partial charge is 0.356 e. The molecule has 4 heterocycles. The van der Waals surface area contributed by atoms with Gasteiger partial charge < -0.3 is 14.7 Å². The molecule has 3 atom stereocenters. The fourth-order valence-electron chi connectivity index (χ4n) is 5.21. The fraction of sp³-hybridized carbons (Fsp3) is 0.462. The fourth-order valence-corrected chi connectivity index (χ4v) is 5.21. The third kappa shape index (κ3) is 5.39. The summed E-state index contributed by atoms with van der Waals surface area (Å²) in [5.74, 6) is 0.621. The molecule has 3 aromatic rings. The minimum absolute atomic E-state index is 0.00516. The van der Waals surface area contributed by atoms with E-state index in [2.05, 4.69) is 25.4 Å². The molecule has 0 aromatic carbocycles. The molecular weight excluding hydrogens is 444 g/mol. The quantitative estimate of drug-likeness (QED) is 0.618. The van der Waals surface area contributed by atoms with Gasteiger partial charge in [0.25, 0.3) is 0 Å². The monoisotopic (exact) mass is 474 g/mol. The van der Waals surface area contributed by atoms with Gasteiger partial charge in [-0.2, -0.15) is 4.98 Å². The van der Waals surface area contributed by atoms with Gasteiger partial charge in [0.05, 0.1) is 12.3 Å². The van der Waals surface area contributed by atoms with E-state index in [4.69, 9.17) is 4.52 Å². The van der Waals surface area contributed by atoms with Crippen molar-refractivity contribution >= 4 is 11.8 Å². The average Bonchev–Trinajstić information content (AvgIpc) is 3.54. The van der Waals surface area contributed by atoms with Crippen LogP contribution in [0, 0.1) is 5.92 Å². The third-order valence-electron chi connectivity index (χ3n) is 7.00. The van der Waals surface area contributed by atoms with E-state index in [-0.39, 0.29) is 36.1 Å². The number of hydrogen-bond donors (Lipinski definition) is 1. The van der Waals surface area contributed by atoms with Crippen LogP contribution >= 0.6 is 0 Å². The van der Waals surface area contributed by atoms with Crippen molar-refractivity contribution < 1.29 is 14.1 Å². The molecule has 1 aliphatic heterocycles. The van der Waals surface area contributed by atoms with Gasteiger partial charge >= 0.3 is 0 Å². The van der Waals surface area contributed by atoms with Crippen LogP contribution in [0.25, 0.3) is 11.4 Å². The lowest BCUT2D eigenvalue weighted by Crippen LogP contribution is -2.47. The molecule has 35 heavy (non-hydrogen) atoms. The second kappa shape index (κ2) is 10.8. The van der Waals surface area contributed by atoms with Gasteiger partial charge in [0.15, 0.2) is 0 Å². The zero-order valence-corrected chi connectivity index (χ0v) is 19.7. The summed E-state index contributed by atoms with van der Waals surface area (Å²) in [6, 6.07) is 7.25. The summed E-state index contributed by atoms with van der Waals surface area (Å²) in [5, 5.41) is 7.24. The number of pyridine rings is 2. The van der Waals surface area contributed by atoms with Crippen LogP contribution in [0.5, 0.6) is 0 Å². The van der Waals surface area contributed by atoms with Crippen molar-refractivity contribution in [3.05, 3.63) is 60.5 Å². The Morgan fingerprint density at radius 2 is 1.89 bits per heavy atom. The molecule has 182 valence electrons. The van der Waals surface area contributed by atoms with Crippen molar-refractivity contribution in [1.29, 1.82) is 0 Å². The van der Waals surface area contributed by atoms with Crippen LogP contribution in [0.3, 0.4) is 0 Å². The molecule has 9 nitrogen and oxygen atoms in total. The molecule has 1 saturated heterocycles. The summed E-state index contributed by atoms with van der Waals surface area (Å²) in [6.45, 7) is 1.31. The summed E-state index contributed by atoms with van der Waals surface area (Å²) in [5.41, 5.74) is 1.65. The molecule has 5 rings (SSSR count). The Bertz CT molecular complexity index is 1140. The first-order valence-corrected chi connectivity index (χ1v) is 12.4. The van der Waals surface area contributed by atoms with Crippen molar-refractivity contribution in [2.24, 2.45) is 5.92 Å². The van der Waals surface area contributed by atoms with E-state index in [9.17, 15) is 9.59 Å². The first-order chi connectivity index (χ1) is 17.2. The average molecular weight is 475 g/mol. The smallest absolute Gasteiger partial charge is 0.230 e. The molecule has 2 fully saturated rings. The summed E-state index contributed by atoms with van der Waals surface area (Å²) >= 11 is 0. The first kappa shape index (κ1) is 23.1. The Morgan fingerprint density at radius 3 is 2.69 bits per heavy atom. The van der Waals surface area contributed by atoms with Crippen LogP contribution in [0.2, 0.25) is 0 Å². The summed E-state index contributed by atoms with van der Waals surface area (Å²) in [7, 11) is 0. The molecule has 0 radical (unpaired) electrons. The van der Waals surface area contributed by atoms with Crippen LogP contribution in [-0.2, 0) is 16.0 Å². The van der Waals surface area contributed by atoms with E-state index in [0.29, 0.717) is 37.6 Å². The molecule has 2 aliphatic rings. The number of fused-ring (bicyclic) bond motifs is 1. The first-order valence-electron chi connectivity index (χ1n) is 12.4. The van der Waals surface area contributed by atoms with Gasteiger partial charge in [-0.1, -0.05) is 24.1 Å². The Hall–Kier alpha value is -3.62. The maximum Gasteiger partial charge on any atom is 0.230 e. The standard InChI is InChI=1S/C26H30N6O3/c33-23(13-18-7-5-9-27-16-18)32-12-4-2-1-3-11-29-25(34)21-14-20(15-22(21)32)26-30-24(31-35-26)19-8-6-10-28-17-19/h5-10,16-17,20-22H,1-4,11-15H2,(H,29,34). The minimum Gasteiger partial charge on any atom is -0.356 e. The number of hydrogen-bond acceptors (Lipinski definition) is 7. The van der Waals surface area contributed by atoms with E-state index < -0.39 is 0 Å². The predicted molar refractivity (Wildman–Crippen MR) is 128 cm³/mol. The summed E-state index contributed by atoms with van der Waals surface area (Å²) in [6.07, 6.45) is 12.2. The second-order valence-corrected chi connectivity index (χ2v) is 9.37. The van der Waals surface area contributed by atoms with Crippen molar-refractivity contribution in [2.75, 3.05) is 13.1 Å². The van der Waals surface area contributed by atoms with E-state index in [1.807, 2.05) is 29.2 Å². The second-order valence-electron chi connectivity index (χ2n) is 9.37. The van der Waals surface area contributed by atoms with E-state index in [1.54, 1.807) is 24.8 Å². The zero-order valence-electron chi connectivity index (χ0n) is 19.7. The van der Waals surface area contributed by atoms with Crippen molar-refractivity contribution in [3.63, 3.8) is 0 Å². The number of rotatable bonds is 4. The van der Waals surface area contributed by atoms with Crippen LogP contribution < -0.4 is 5.32 Å². The Balaban J connectivity index is 1.40. The van der Waals surface area contributed by atoms with Gasteiger partial charge in [-0.05, 0) is 49.4 Å². The highest BCUT2D eigenvalue weighted by molar-refractivity contribution is 5.83.